The van der Waals surface area contributed by atoms with Gasteiger partial charge in [-0.2, -0.15) is 4.98 Å². The van der Waals surface area contributed by atoms with E-state index in [1.54, 1.807) is 0 Å². The topological polar surface area (TPSA) is 76.7 Å². The average molecular weight is 403 g/mol. The van der Waals surface area contributed by atoms with Crippen molar-refractivity contribution < 1.29 is 13.3 Å². The lowest BCUT2D eigenvalue weighted by molar-refractivity contribution is 0.136. The van der Waals surface area contributed by atoms with Gasteiger partial charge in [0, 0.05) is 8.96 Å². The number of nitrogens with zero attached hydrogens (tertiary/aromatic N) is 4. The first kappa shape index (κ1) is 14.0. The van der Waals surface area contributed by atoms with Crippen LogP contribution in [0.2, 0.25) is 0 Å². The molecule has 0 atom stereocenters. The maximum atomic E-state index is 12.4. The maximum absolute atomic E-state index is 12.4. The lowest BCUT2D eigenvalue weighted by Crippen LogP contribution is -2.03. The van der Waals surface area contributed by atoms with E-state index in [0.29, 0.717) is 5.82 Å². The van der Waals surface area contributed by atoms with Crippen molar-refractivity contribution in [3.8, 4) is 0 Å². The lowest BCUT2D eigenvalue weighted by atomic mass is 10.2. The van der Waals surface area contributed by atoms with E-state index >= 15 is 0 Å². The molecule has 0 radical (unpaired) electrons. The fourth-order valence-corrected chi connectivity index (χ4v) is 2.25. The van der Waals surface area contributed by atoms with E-state index in [1.807, 2.05) is 18.2 Å². The predicted octanol–water partition coefficient (Wildman–Crippen LogP) is 3.17. The summed E-state index contributed by atoms with van der Waals surface area (Å²) in [5, 5.41) is 7.01. The Hall–Kier alpha value is -1.91. The molecule has 0 amide bonds. The number of nitrogens with one attached hydrogen (secondary N) is 1. The molecule has 0 aliphatic rings. The highest BCUT2D eigenvalue weighted by molar-refractivity contribution is 14.1. The second-order valence-corrected chi connectivity index (χ2v) is 5.33. The van der Waals surface area contributed by atoms with E-state index in [9.17, 15) is 8.78 Å². The molecule has 0 unspecified atom stereocenters. The summed E-state index contributed by atoms with van der Waals surface area (Å²) in [5.74, 6) is 0.0342. The second kappa shape index (κ2) is 5.84. The van der Waals surface area contributed by atoms with Crippen LogP contribution in [0.25, 0.3) is 10.9 Å². The molecule has 6 nitrogen and oxygen atoms in total. The van der Waals surface area contributed by atoms with Gasteiger partial charge in [0.2, 0.25) is 11.7 Å². The molecule has 1 aromatic carbocycles. The second-order valence-electron chi connectivity index (χ2n) is 4.08. The summed E-state index contributed by atoms with van der Waals surface area (Å²) in [6.07, 6.45) is -1.32. The molecule has 108 valence electrons. The molecule has 2 aromatic heterocycles. The third kappa shape index (κ3) is 3.06. The third-order valence-electron chi connectivity index (χ3n) is 2.68. The molecule has 9 heteroatoms. The Bertz CT molecular complexity index is 779. The minimum atomic E-state index is -2.75. The van der Waals surface area contributed by atoms with E-state index in [0.717, 1.165) is 14.5 Å². The molecule has 0 fully saturated rings. The van der Waals surface area contributed by atoms with Crippen LogP contribution in [-0.2, 0) is 6.54 Å². The summed E-state index contributed by atoms with van der Waals surface area (Å²) < 4.78 is 30.5. The number of aromatic nitrogens is 4. The molecule has 0 saturated heterocycles. The zero-order chi connectivity index (χ0) is 14.8. The number of halogens is 3. The molecular formula is C12H8F2IN5O. The van der Waals surface area contributed by atoms with Gasteiger partial charge >= 0.3 is 6.43 Å². The molecule has 0 aliphatic carbocycles. The van der Waals surface area contributed by atoms with Crippen LogP contribution in [0, 0.1) is 3.57 Å². The van der Waals surface area contributed by atoms with Gasteiger partial charge in [-0.3, -0.25) is 0 Å². The van der Waals surface area contributed by atoms with Crippen LogP contribution in [0.15, 0.2) is 29.0 Å². The summed E-state index contributed by atoms with van der Waals surface area (Å²) in [7, 11) is 0. The van der Waals surface area contributed by atoms with Gasteiger partial charge in [0.25, 0.3) is 0 Å². The van der Waals surface area contributed by atoms with E-state index in [2.05, 4.69) is 48.0 Å². The molecule has 2 heterocycles. The van der Waals surface area contributed by atoms with Gasteiger partial charge in [0.15, 0.2) is 0 Å². The predicted molar refractivity (Wildman–Crippen MR) is 78.8 cm³/mol. The molecule has 3 rings (SSSR count). The van der Waals surface area contributed by atoms with E-state index < -0.39 is 12.2 Å². The molecule has 0 aliphatic heterocycles. The molecule has 0 spiro atoms. The summed E-state index contributed by atoms with van der Waals surface area (Å²) in [5.41, 5.74) is 0.784. The van der Waals surface area contributed by atoms with Crippen molar-refractivity contribution in [2.45, 2.75) is 13.0 Å². The minimum Gasteiger partial charge on any atom is -0.360 e. The Kier molecular flexibility index (Phi) is 3.90. The van der Waals surface area contributed by atoms with Crippen molar-refractivity contribution in [1.82, 2.24) is 20.1 Å². The van der Waals surface area contributed by atoms with E-state index in [1.165, 1.54) is 6.33 Å². The number of hydrogen-bond acceptors (Lipinski definition) is 6. The van der Waals surface area contributed by atoms with Gasteiger partial charge in [0.05, 0.1) is 12.1 Å². The fourth-order valence-electron chi connectivity index (χ4n) is 1.76. The highest BCUT2D eigenvalue weighted by Gasteiger charge is 2.15. The molecule has 0 bridgehead atoms. The lowest BCUT2D eigenvalue weighted by Gasteiger charge is -2.06. The van der Waals surface area contributed by atoms with Crippen molar-refractivity contribution in [3.05, 3.63) is 39.8 Å². The van der Waals surface area contributed by atoms with Crippen molar-refractivity contribution in [2.75, 3.05) is 5.32 Å². The standard InChI is InChI=1S/C12H8F2IN5O/c13-10(14)12-19-9(21-20-12)4-16-11-7-3-6(15)1-2-8(7)17-5-18-11/h1-3,5,10H,4H2,(H,16,17,18). The first-order chi connectivity index (χ1) is 10.1. The van der Waals surface area contributed by atoms with Gasteiger partial charge in [-0.25, -0.2) is 18.7 Å². The number of hydrogen-bond donors (Lipinski definition) is 1. The highest BCUT2D eigenvalue weighted by atomic mass is 127. The van der Waals surface area contributed by atoms with Crippen molar-refractivity contribution >= 4 is 39.3 Å². The quantitative estimate of drug-likeness (QED) is 0.675. The Morgan fingerprint density at radius 2 is 2.14 bits per heavy atom. The van der Waals surface area contributed by atoms with Gasteiger partial charge < -0.3 is 9.84 Å². The van der Waals surface area contributed by atoms with Crippen LogP contribution >= 0.6 is 22.6 Å². The number of rotatable bonds is 4. The molecule has 21 heavy (non-hydrogen) atoms. The average Bonchev–Trinajstić information content (AvgIpc) is 2.94. The number of anilines is 1. The van der Waals surface area contributed by atoms with Crippen LogP contribution in [0.3, 0.4) is 0 Å². The number of benzene rings is 1. The molecule has 3 aromatic rings. The largest absolute Gasteiger partial charge is 0.360 e. The summed E-state index contributed by atoms with van der Waals surface area (Å²) in [6, 6.07) is 5.74. The van der Waals surface area contributed by atoms with E-state index in [-0.39, 0.29) is 12.4 Å². The zero-order valence-corrected chi connectivity index (χ0v) is 12.6. The van der Waals surface area contributed by atoms with Gasteiger partial charge in [-0.15, -0.1) is 0 Å². The molecule has 0 saturated carbocycles. The van der Waals surface area contributed by atoms with Crippen LogP contribution in [0.1, 0.15) is 18.1 Å². The molecule has 1 N–H and O–H groups in total. The molecular weight excluding hydrogens is 395 g/mol. The maximum Gasteiger partial charge on any atom is 0.300 e. The van der Waals surface area contributed by atoms with Crippen molar-refractivity contribution in [1.29, 1.82) is 0 Å². The van der Waals surface area contributed by atoms with Crippen LogP contribution in [0.5, 0.6) is 0 Å². The highest BCUT2D eigenvalue weighted by Crippen LogP contribution is 2.22. The summed E-state index contributed by atoms with van der Waals surface area (Å²) in [6.45, 7) is 0.108. The fraction of sp³-hybridized carbons (Fsp3) is 0.167. The minimum absolute atomic E-state index is 0.0719. The Balaban J connectivity index is 1.82. The summed E-state index contributed by atoms with van der Waals surface area (Å²) >= 11 is 2.19. The Labute approximate surface area is 131 Å². The van der Waals surface area contributed by atoms with Crippen LogP contribution in [-0.4, -0.2) is 20.1 Å². The zero-order valence-electron chi connectivity index (χ0n) is 10.4. The van der Waals surface area contributed by atoms with Gasteiger partial charge in [-0.05, 0) is 40.8 Å². The monoisotopic (exact) mass is 403 g/mol. The SMILES string of the molecule is FC(F)c1noc(CNc2ncnc3ccc(I)cc23)n1. The smallest absolute Gasteiger partial charge is 0.300 e. The van der Waals surface area contributed by atoms with Crippen molar-refractivity contribution in [3.63, 3.8) is 0 Å². The van der Waals surface area contributed by atoms with E-state index in [4.69, 9.17) is 4.52 Å². The normalized spacial score (nSPS) is 11.2. The van der Waals surface area contributed by atoms with Crippen LogP contribution in [0.4, 0.5) is 14.6 Å². The number of alkyl halides is 2. The first-order valence-electron chi connectivity index (χ1n) is 5.88. The Morgan fingerprint density at radius 1 is 1.29 bits per heavy atom. The van der Waals surface area contributed by atoms with Crippen molar-refractivity contribution in [2.24, 2.45) is 0 Å². The Morgan fingerprint density at radius 3 is 2.90 bits per heavy atom. The van der Waals surface area contributed by atoms with Gasteiger partial charge in [-0.1, -0.05) is 5.16 Å². The third-order valence-corrected chi connectivity index (χ3v) is 3.35. The first-order valence-corrected chi connectivity index (χ1v) is 6.96. The number of fused-ring (bicyclic) bond motifs is 1. The summed E-state index contributed by atoms with van der Waals surface area (Å²) in [4.78, 5) is 11.9. The van der Waals surface area contributed by atoms with Crippen LogP contribution < -0.4 is 5.32 Å². The van der Waals surface area contributed by atoms with Gasteiger partial charge in [0.1, 0.15) is 12.1 Å².